The summed E-state index contributed by atoms with van der Waals surface area (Å²) >= 11 is 0. The maximum atomic E-state index is 12.7. The maximum absolute atomic E-state index is 12.7. The van der Waals surface area contributed by atoms with Crippen LogP contribution in [0.3, 0.4) is 0 Å². The average Bonchev–Trinajstić information content (AvgIpc) is 2.61. The maximum Gasteiger partial charge on any atom is 0.174 e. The van der Waals surface area contributed by atoms with Crippen molar-refractivity contribution >= 4 is 18.2 Å². The number of ether oxygens (including phenoxy) is 1. The Balaban J connectivity index is 0.00000208. The molecule has 3 rings (SSSR count). The molecule has 0 aliphatic carbocycles. The Morgan fingerprint density at radius 1 is 1.08 bits per heavy atom. The summed E-state index contributed by atoms with van der Waals surface area (Å²) in [5.74, 6) is 0.826. The fourth-order valence-corrected chi connectivity index (χ4v) is 2.94. The van der Waals surface area contributed by atoms with Crippen molar-refractivity contribution in [3.8, 4) is 16.9 Å². The van der Waals surface area contributed by atoms with Crippen LogP contribution in [0.4, 0.5) is 0 Å². The Bertz CT molecular complexity index is 673. The highest BCUT2D eigenvalue weighted by molar-refractivity contribution is 6.03. The van der Waals surface area contributed by atoms with Crippen molar-refractivity contribution in [3.63, 3.8) is 0 Å². The first-order chi connectivity index (χ1) is 11.3. The predicted molar refractivity (Wildman–Crippen MR) is 100 cm³/mol. The van der Waals surface area contributed by atoms with E-state index in [0.29, 0.717) is 18.7 Å². The molecule has 0 amide bonds. The molecular formula is C20H24ClNO2. The summed E-state index contributed by atoms with van der Waals surface area (Å²) in [5.41, 5.74) is 2.78. The van der Waals surface area contributed by atoms with Crippen molar-refractivity contribution in [1.82, 2.24) is 5.32 Å². The van der Waals surface area contributed by atoms with Crippen molar-refractivity contribution in [2.45, 2.75) is 19.8 Å². The van der Waals surface area contributed by atoms with Gasteiger partial charge < -0.3 is 10.1 Å². The predicted octanol–water partition coefficient (Wildman–Crippen LogP) is 4.36. The van der Waals surface area contributed by atoms with Gasteiger partial charge in [-0.05, 0) is 24.6 Å². The van der Waals surface area contributed by atoms with Gasteiger partial charge in [0.05, 0.1) is 18.1 Å². The number of fused-ring (bicyclic) bond motifs is 1. The third kappa shape index (κ3) is 3.97. The van der Waals surface area contributed by atoms with Gasteiger partial charge in [0.15, 0.2) is 5.78 Å². The molecule has 0 fully saturated rings. The molecular weight excluding hydrogens is 322 g/mol. The molecule has 1 aliphatic rings. The van der Waals surface area contributed by atoms with Gasteiger partial charge in [0, 0.05) is 12.1 Å². The van der Waals surface area contributed by atoms with E-state index in [1.165, 1.54) is 0 Å². The summed E-state index contributed by atoms with van der Waals surface area (Å²) in [6.45, 7) is 4.26. The van der Waals surface area contributed by atoms with E-state index >= 15 is 0 Å². The third-order valence-electron chi connectivity index (χ3n) is 4.26. The number of ketones is 1. The van der Waals surface area contributed by atoms with Crippen molar-refractivity contribution in [3.05, 3.63) is 54.1 Å². The molecule has 1 atom stereocenters. The number of benzene rings is 2. The van der Waals surface area contributed by atoms with E-state index < -0.39 is 0 Å². The molecule has 3 nitrogen and oxygen atoms in total. The zero-order valence-corrected chi connectivity index (χ0v) is 14.8. The minimum absolute atomic E-state index is 0. The Morgan fingerprint density at radius 3 is 2.58 bits per heavy atom. The number of hydrogen-bond acceptors (Lipinski definition) is 3. The van der Waals surface area contributed by atoms with Gasteiger partial charge in [-0.25, -0.2) is 0 Å². The van der Waals surface area contributed by atoms with Crippen LogP contribution in [-0.2, 0) is 0 Å². The average molecular weight is 346 g/mol. The number of hydrogen-bond donors (Lipinski definition) is 1. The Kier molecular flexibility index (Phi) is 6.83. The molecule has 128 valence electrons. The highest BCUT2D eigenvalue weighted by Gasteiger charge is 2.30. The normalized spacial score (nSPS) is 16.0. The first-order valence-corrected chi connectivity index (χ1v) is 8.37. The molecule has 1 unspecified atom stereocenters. The van der Waals surface area contributed by atoms with Gasteiger partial charge >= 0.3 is 0 Å². The van der Waals surface area contributed by atoms with Gasteiger partial charge in [0.25, 0.3) is 0 Å². The van der Waals surface area contributed by atoms with Crippen LogP contribution in [0.5, 0.6) is 5.75 Å². The Hall–Kier alpha value is -1.84. The standard InChI is InChI=1S/C20H23NO2.ClH/c1-2-3-12-21-13-16-14-23-20-17(15-8-5-4-6-9-15)10-7-11-18(20)19(16)22;/h4-11,16,21H,2-3,12-14H2,1H3;1H. The highest BCUT2D eigenvalue weighted by Crippen LogP contribution is 2.37. The van der Waals surface area contributed by atoms with Crippen LogP contribution in [-0.4, -0.2) is 25.5 Å². The molecule has 1 aliphatic heterocycles. The lowest BCUT2D eigenvalue weighted by atomic mass is 9.91. The van der Waals surface area contributed by atoms with Gasteiger partial charge in [-0.3, -0.25) is 4.79 Å². The second-order valence-electron chi connectivity index (χ2n) is 5.98. The molecule has 4 heteroatoms. The molecule has 0 bridgehead atoms. The van der Waals surface area contributed by atoms with Gasteiger partial charge in [-0.2, -0.15) is 0 Å². The number of halogens is 1. The van der Waals surface area contributed by atoms with Gasteiger partial charge in [-0.15, -0.1) is 12.4 Å². The lowest BCUT2D eigenvalue weighted by Crippen LogP contribution is -2.36. The minimum Gasteiger partial charge on any atom is -0.491 e. The van der Waals surface area contributed by atoms with E-state index in [4.69, 9.17) is 4.74 Å². The van der Waals surface area contributed by atoms with E-state index in [0.717, 1.165) is 36.3 Å². The molecule has 2 aromatic carbocycles. The first-order valence-electron chi connectivity index (χ1n) is 8.37. The van der Waals surface area contributed by atoms with E-state index in [9.17, 15) is 4.79 Å². The smallest absolute Gasteiger partial charge is 0.174 e. The van der Waals surface area contributed by atoms with Crippen molar-refractivity contribution in [2.75, 3.05) is 19.7 Å². The van der Waals surface area contributed by atoms with Crippen LogP contribution >= 0.6 is 12.4 Å². The van der Waals surface area contributed by atoms with Gasteiger partial charge in [0.2, 0.25) is 0 Å². The van der Waals surface area contributed by atoms with Crippen LogP contribution in [0.25, 0.3) is 11.1 Å². The molecule has 2 aromatic rings. The highest BCUT2D eigenvalue weighted by atomic mass is 35.5. The van der Waals surface area contributed by atoms with E-state index in [1.807, 2.05) is 48.5 Å². The quantitative estimate of drug-likeness (QED) is 0.791. The van der Waals surface area contributed by atoms with Gasteiger partial charge in [-0.1, -0.05) is 55.8 Å². The van der Waals surface area contributed by atoms with Crippen molar-refractivity contribution in [1.29, 1.82) is 0 Å². The number of Topliss-reactive ketones (excluding diaryl/α,β-unsaturated/α-hetero) is 1. The van der Waals surface area contributed by atoms with E-state index in [-0.39, 0.29) is 24.1 Å². The second-order valence-corrected chi connectivity index (χ2v) is 5.98. The van der Waals surface area contributed by atoms with E-state index in [1.54, 1.807) is 0 Å². The lowest BCUT2D eigenvalue weighted by Gasteiger charge is -2.26. The summed E-state index contributed by atoms with van der Waals surface area (Å²) < 4.78 is 5.99. The van der Waals surface area contributed by atoms with Gasteiger partial charge in [0.1, 0.15) is 5.75 Å². The number of rotatable bonds is 6. The minimum atomic E-state index is -0.0922. The summed E-state index contributed by atoms with van der Waals surface area (Å²) in [6.07, 6.45) is 2.29. The molecule has 0 radical (unpaired) electrons. The van der Waals surface area contributed by atoms with Crippen LogP contribution in [0.15, 0.2) is 48.5 Å². The fourth-order valence-electron chi connectivity index (χ4n) is 2.94. The zero-order valence-electron chi connectivity index (χ0n) is 14.0. The number of para-hydroxylation sites is 1. The molecule has 0 saturated heterocycles. The van der Waals surface area contributed by atoms with Crippen molar-refractivity contribution < 1.29 is 9.53 Å². The molecule has 0 aromatic heterocycles. The van der Waals surface area contributed by atoms with E-state index in [2.05, 4.69) is 12.2 Å². The monoisotopic (exact) mass is 345 g/mol. The van der Waals surface area contributed by atoms with Crippen molar-refractivity contribution in [2.24, 2.45) is 5.92 Å². The summed E-state index contributed by atoms with van der Waals surface area (Å²) in [4.78, 5) is 12.7. The van der Waals surface area contributed by atoms with Crippen LogP contribution in [0, 0.1) is 5.92 Å². The summed E-state index contributed by atoms with van der Waals surface area (Å²) in [5, 5.41) is 3.36. The number of carbonyl (C=O) groups excluding carboxylic acids is 1. The lowest BCUT2D eigenvalue weighted by molar-refractivity contribution is 0.0830. The zero-order chi connectivity index (χ0) is 16.1. The SMILES string of the molecule is CCCCNCC1COc2c(cccc2-c2ccccc2)C1=O.Cl. The van der Waals surface area contributed by atoms with Crippen LogP contribution in [0.2, 0.25) is 0 Å². The topological polar surface area (TPSA) is 38.3 Å². The molecule has 0 spiro atoms. The van der Waals surface area contributed by atoms with Crippen LogP contribution in [0.1, 0.15) is 30.1 Å². The Labute approximate surface area is 149 Å². The van der Waals surface area contributed by atoms with Crippen LogP contribution < -0.4 is 10.1 Å². The third-order valence-corrected chi connectivity index (χ3v) is 4.26. The number of nitrogens with one attached hydrogen (secondary N) is 1. The Morgan fingerprint density at radius 2 is 1.83 bits per heavy atom. The summed E-state index contributed by atoms with van der Waals surface area (Å²) in [6, 6.07) is 15.9. The second kappa shape index (κ2) is 8.86. The largest absolute Gasteiger partial charge is 0.491 e. The number of unbranched alkanes of at least 4 members (excludes halogenated alkanes) is 1. The summed E-state index contributed by atoms with van der Waals surface area (Å²) in [7, 11) is 0. The number of carbonyl (C=O) groups is 1. The fraction of sp³-hybridized carbons (Fsp3) is 0.350. The molecule has 1 N–H and O–H groups in total. The first kappa shape index (κ1) is 18.5. The molecule has 24 heavy (non-hydrogen) atoms. The molecule has 1 heterocycles. The molecule has 0 saturated carbocycles.